The van der Waals surface area contributed by atoms with Gasteiger partial charge in [0.1, 0.15) is 0 Å². The number of carbonyl (C=O) groups is 1. The van der Waals surface area contributed by atoms with E-state index < -0.39 is 12.0 Å². The van der Waals surface area contributed by atoms with Crippen molar-refractivity contribution in [3.8, 4) is 12.3 Å². The third-order valence-corrected chi connectivity index (χ3v) is 1.33. The lowest BCUT2D eigenvalue weighted by atomic mass is 10.3. The molecule has 0 aromatic carbocycles. The Bertz CT molecular complexity index is 171. The predicted molar refractivity (Wildman–Crippen MR) is 42.8 cm³/mol. The van der Waals surface area contributed by atoms with Gasteiger partial charge in [0.25, 0.3) is 5.91 Å². The maximum Gasteiger partial charge on any atom is 0.263 e. The number of nitrogens with zero attached hydrogens (tertiary/aromatic N) is 1. The fourth-order valence-electron chi connectivity index (χ4n) is 0.726. The number of rotatable bonds is 3. The Morgan fingerprint density at radius 1 is 1.82 bits per heavy atom. The molecule has 0 bridgehead atoms. The average molecular weight is 155 g/mol. The maximum absolute atomic E-state index is 11.0. The lowest BCUT2D eigenvalue weighted by Gasteiger charge is -2.16. The van der Waals surface area contributed by atoms with Crippen molar-refractivity contribution in [3.05, 3.63) is 0 Å². The first-order chi connectivity index (χ1) is 5.13. The van der Waals surface area contributed by atoms with Crippen LogP contribution in [0.5, 0.6) is 0 Å². The van der Waals surface area contributed by atoms with Gasteiger partial charge < -0.3 is 10.0 Å². The van der Waals surface area contributed by atoms with Gasteiger partial charge in [0.05, 0.1) is 0 Å². The van der Waals surface area contributed by atoms with Gasteiger partial charge in [0.15, 0.2) is 6.10 Å². The van der Waals surface area contributed by atoms with Crippen molar-refractivity contribution in [1.82, 2.24) is 4.90 Å². The van der Waals surface area contributed by atoms with Crippen molar-refractivity contribution in [2.75, 3.05) is 13.6 Å². The molecule has 1 amide bonds. The second kappa shape index (κ2) is 4.75. The lowest BCUT2D eigenvalue weighted by Crippen LogP contribution is -2.35. The summed E-state index contributed by atoms with van der Waals surface area (Å²) in [5.74, 6) is 1.56. The predicted octanol–water partition coefficient (Wildman–Crippen LogP) is -0.151. The Labute approximate surface area is 67.0 Å². The Balaban J connectivity index is 3.94. The maximum atomic E-state index is 11.0. The number of terminal acetylenes is 1. The third-order valence-electron chi connectivity index (χ3n) is 1.33. The Morgan fingerprint density at radius 2 is 2.36 bits per heavy atom. The number of hydrogen-bond donors (Lipinski definition) is 1. The van der Waals surface area contributed by atoms with Gasteiger partial charge in [-0.05, 0) is 6.42 Å². The van der Waals surface area contributed by atoms with Gasteiger partial charge in [-0.15, -0.1) is 6.42 Å². The standard InChI is InChI=1S/C8H13NO2/c1-4-6-9(3)8(11)7(10)5-2/h2,7,10H,4,6H2,1,3H3/t7-/m1/s1. The molecule has 0 radical (unpaired) electrons. The fraction of sp³-hybridized carbons (Fsp3) is 0.625. The van der Waals surface area contributed by atoms with E-state index in [1.54, 1.807) is 7.05 Å². The molecule has 0 spiro atoms. The highest BCUT2D eigenvalue weighted by Crippen LogP contribution is 1.92. The smallest absolute Gasteiger partial charge is 0.263 e. The summed E-state index contributed by atoms with van der Waals surface area (Å²) < 4.78 is 0. The van der Waals surface area contributed by atoms with Gasteiger partial charge in [0.2, 0.25) is 0 Å². The van der Waals surface area contributed by atoms with E-state index in [0.29, 0.717) is 6.54 Å². The zero-order chi connectivity index (χ0) is 8.85. The highest BCUT2D eigenvalue weighted by atomic mass is 16.3. The van der Waals surface area contributed by atoms with Crippen LogP contribution >= 0.6 is 0 Å². The molecule has 0 aromatic heterocycles. The Kier molecular flexibility index (Phi) is 4.32. The molecule has 62 valence electrons. The van der Waals surface area contributed by atoms with Crippen LogP contribution in [0.25, 0.3) is 0 Å². The molecule has 3 heteroatoms. The van der Waals surface area contributed by atoms with Crippen LogP contribution in [0, 0.1) is 12.3 Å². The van der Waals surface area contributed by atoms with E-state index in [0.717, 1.165) is 6.42 Å². The van der Waals surface area contributed by atoms with Crippen molar-refractivity contribution in [2.24, 2.45) is 0 Å². The number of aliphatic hydroxyl groups is 1. The summed E-state index contributed by atoms with van der Waals surface area (Å²) in [6.07, 6.45) is 4.43. The molecule has 0 unspecified atom stereocenters. The fourth-order valence-corrected chi connectivity index (χ4v) is 0.726. The van der Waals surface area contributed by atoms with Gasteiger partial charge in [-0.2, -0.15) is 0 Å². The van der Waals surface area contributed by atoms with Crippen molar-refractivity contribution in [2.45, 2.75) is 19.4 Å². The molecule has 0 saturated heterocycles. The van der Waals surface area contributed by atoms with Crippen LogP contribution in [0.1, 0.15) is 13.3 Å². The van der Waals surface area contributed by atoms with E-state index in [9.17, 15) is 4.79 Å². The topological polar surface area (TPSA) is 40.5 Å². The van der Waals surface area contributed by atoms with Crippen molar-refractivity contribution >= 4 is 5.91 Å². The summed E-state index contributed by atoms with van der Waals surface area (Å²) in [6, 6.07) is 0. The molecule has 0 rings (SSSR count). The first-order valence-electron chi connectivity index (χ1n) is 3.52. The van der Waals surface area contributed by atoms with Crippen LogP contribution in [0.15, 0.2) is 0 Å². The normalized spacial score (nSPS) is 11.8. The summed E-state index contributed by atoms with van der Waals surface area (Å²) >= 11 is 0. The van der Waals surface area contributed by atoms with Gasteiger partial charge in [-0.1, -0.05) is 12.8 Å². The van der Waals surface area contributed by atoms with Crippen LogP contribution in [-0.2, 0) is 4.79 Å². The van der Waals surface area contributed by atoms with E-state index in [-0.39, 0.29) is 0 Å². The largest absolute Gasteiger partial charge is 0.372 e. The van der Waals surface area contributed by atoms with E-state index in [4.69, 9.17) is 11.5 Å². The molecule has 0 heterocycles. The van der Waals surface area contributed by atoms with Crippen LogP contribution < -0.4 is 0 Å². The van der Waals surface area contributed by atoms with Gasteiger partial charge in [0, 0.05) is 13.6 Å². The lowest BCUT2D eigenvalue weighted by molar-refractivity contribution is -0.136. The van der Waals surface area contributed by atoms with Gasteiger partial charge in [-0.3, -0.25) is 4.79 Å². The molecule has 0 aromatic rings. The molecule has 0 fully saturated rings. The second-order valence-corrected chi connectivity index (χ2v) is 2.33. The quantitative estimate of drug-likeness (QED) is 0.576. The monoisotopic (exact) mass is 155 g/mol. The van der Waals surface area contributed by atoms with E-state index >= 15 is 0 Å². The number of amides is 1. The summed E-state index contributed by atoms with van der Waals surface area (Å²) in [5.41, 5.74) is 0. The summed E-state index contributed by atoms with van der Waals surface area (Å²) in [6.45, 7) is 2.57. The number of likely N-dealkylation sites (N-methyl/N-ethyl adjacent to an activating group) is 1. The molecular formula is C8H13NO2. The molecule has 3 nitrogen and oxygen atoms in total. The highest BCUT2D eigenvalue weighted by molar-refractivity contribution is 5.83. The average Bonchev–Trinajstić information content (AvgIpc) is 2.02. The molecule has 1 N–H and O–H groups in total. The van der Waals surface area contributed by atoms with Crippen molar-refractivity contribution < 1.29 is 9.90 Å². The molecule has 0 aliphatic heterocycles. The second-order valence-electron chi connectivity index (χ2n) is 2.33. The van der Waals surface area contributed by atoms with Crippen LogP contribution in [0.3, 0.4) is 0 Å². The minimum atomic E-state index is -1.29. The zero-order valence-electron chi connectivity index (χ0n) is 6.87. The van der Waals surface area contributed by atoms with Crippen LogP contribution in [-0.4, -0.2) is 35.6 Å². The molecule has 0 saturated carbocycles. The summed E-state index contributed by atoms with van der Waals surface area (Å²) in [4.78, 5) is 12.4. The molecule has 0 aliphatic carbocycles. The van der Waals surface area contributed by atoms with Gasteiger partial charge in [-0.25, -0.2) is 0 Å². The first-order valence-corrected chi connectivity index (χ1v) is 3.52. The minimum Gasteiger partial charge on any atom is -0.372 e. The zero-order valence-corrected chi connectivity index (χ0v) is 6.87. The highest BCUT2D eigenvalue weighted by Gasteiger charge is 2.15. The van der Waals surface area contributed by atoms with E-state index in [1.165, 1.54) is 4.90 Å². The van der Waals surface area contributed by atoms with E-state index in [2.05, 4.69) is 0 Å². The molecule has 11 heavy (non-hydrogen) atoms. The number of aliphatic hydroxyl groups excluding tert-OH is 1. The third kappa shape index (κ3) is 3.06. The summed E-state index contributed by atoms with van der Waals surface area (Å²) in [7, 11) is 1.62. The SMILES string of the molecule is C#C[C@@H](O)C(=O)N(C)CCC. The van der Waals surface area contributed by atoms with Crippen LogP contribution in [0.4, 0.5) is 0 Å². The van der Waals surface area contributed by atoms with Crippen molar-refractivity contribution in [1.29, 1.82) is 0 Å². The summed E-state index contributed by atoms with van der Waals surface area (Å²) in [5, 5.41) is 8.90. The molecule has 1 atom stereocenters. The molecular weight excluding hydrogens is 142 g/mol. The minimum absolute atomic E-state index is 0.408. The molecule has 0 aliphatic rings. The van der Waals surface area contributed by atoms with E-state index in [1.807, 2.05) is 12.8 Å². The number of carbonyl (C=O) groups excluding carboxylic acids is 1. The Hall–Kier alpha value is -1.01. The first kappa shape index (κ1) is 9.99. The Morgan fingerprint density at radius 3 is 2.73 bits per heavy atom. The number of hydrogen-bond acceptors (Lipinski definition) is 2. The van der Waals surface area contributed by atoms with Gasteiger partial charge >= 0.3 is 0 Å². The van der Waals surface area contributed by atoms with Crippen LogP contribution in [0.2, 0.25) is 0 Å². The van der Waals surface area contributed by atoms with Crippen molar-refractivity contribution in [3.63, 3.8) is 0 Å².